The minimum atomic E-state index is 0. The maximum Gasteiger partial charge on any atom is 0.188 e. The molecule has 1 aromatic rings. The molecule has 0 amide bonds. The third kappa shape index (κ3) is 6.95. The highest BCUT2D eigenvalue weighted by molar-refractivity contribution is 14.0. The molecule has 5 nitrogen and oxygen atoms in total. The lowest BCUT2D eigenvalue weighted by Gasteiger charge is -2.36. The number of benzene rings is 1. The fourth-order valence-electron chi connectivity index (χ4n) is 3.21. The van der Waals surface area contributed by atoms with E-state index >= 15 is 0 Å². The van der Waals surface area contributed by atoms with Gasteiger partial charge in [-0.25, -0.2) is 4.99 Å². The molecule has 1 aliphatic carbocycles. The van der Waals surface area contributed by atoms with Crippen LogP contribution in [-0.4, -0.2) is 50.1 Å². The highest BCUT2D eigenvalue weighted by atomic mass is 127. The molecule has 0 spiro atoms. The van der Waals surface area contributed by atoms with Crippen molar-refractivity contribution in [3.05, 3.63) is 29.8 Å². The number of anilines is 1. The first kappa shape index (κ1) is 21.3. The molecule has 1 heterocycles. The minimum Gasteiger partial charge on any atom is -0.370 e. The molecule has 1 aliphatic heterocycles. The van der Waals surface area contributed by atoms with Crippen molar-refractivity contribution >= 4 is 35.6 Å². The highest BCUT2D eigenvalue weighted by Crippen LogP contribution is 2.30. The molecule has 1 saturated heterocycles. The third-order valence-electron chi connectivity index (χ3n) is 5.01. The Kier molecular flexibility index (Phi) is 8.47. The molecule has 146 valence electrons. The van der Waals surface area contributed by atoms with Crippen molar-refractivity contribution in [1.82, 2.24) is 10.2 Å². The van der Waals surface area contributed by atoms with Crippen molar-refractivity contribution < 1.29 is 0 Å². The summed E-state index contributed by atoms with van der Waals surface area (Å²) in [5, 5.41) is 3.15. The van der Waals surface area contributed by atoms with E-state index in [4.69, 9.17) is 5.73 Å². The molecule has 1 saturated carbocycles. The molecule has 3 rings (SSSR count). The zero-order valence-electron chi connectivity index (χ0n) is 16.2. The molecular weight excluding hydrogens is 437 g/mol. The molecule has 0 aromatic heterocycles. The number of nitrogens with two attached hydrogens (primary N) is 1. The minimum absolute atomic E-state index is 0. The van der Waals surface area contributed by atoms with Crippen LogP contribution in [0, 0.1) is 11.8 Å². The van der Waals surface area contributed by atoms with E-state index in [9.17, 15) is 0 Å². The number of aliphatic imine (C=N–C) groups is 1. The molecule has 2 fully saturated rings. The van der Waals surface area contributed by atoms with Crippen LogP contribution in [0.2, 0.25) is 0 Å². The average molecular weight is 471 g/mol. The predicted octanol–water partition coefficient (Wildman–Crippen LogP) is 2.90. The van der Waals surface area contributed by atoms with Crippen LogP contribution in [0.15, 0.2) is 29.3 Å². The van der Waals surface area contributed by atoms with Gasteiger partial charge in [0.05, 0.1) is 6.54 Å². The number of halogens is 1. The molecule has 6 heteroatoms. The van der Waals surface area contributed by atoms with Crippen LogP contribution in [0.4, 0.5) is 5.69 Å². The Labute approximate surface area is 175 Å². The topological polar surface area (TPSA) is 56.9 Å². The van der Waals surface area contributed by atoms with E-state index in [0.29, 0.717) is 18.4 Å². The van der Waals surface area contributed by atoms with Gasteiger partial charge in [0.15, 0.2) is 5.96 Å². The maximum atomic E-state index is 5.89. The Hall–Kier alpha value is -1.02. The molecule has 2 aliphatic rings. The fourth-order valence-corrected chi connectivity index (χ4v) is 3.21. The molecule has 26 heavy (non-hydrogen) atoms. The quantitative estimate of drug-likeness (QED) is 0.365. The number of guanidine groups is 1. The first-order chi connectivity index (χ1) is 12.1. The fraction of sp³-hybridized carbons (Fsp3) is 0.650. The molecule has 0 unspecified atom stereocenters. The van der Waals surface area contributed by atoms with Crippen molar-refractivity contribution in [3.63, 3.8) is 0 Å². The summed E-state index contributed by atoms with van der Waals surface area (Å²) in [5.41, 5.74) is 8.42. The van der Waals surface area contributed by atoms with Crippen LogP contribution < -0.4 is 16.0 Å². The van der Waals surface area contributed by atoms with Crippen LogP contribution in [-0.2, 0) is 6.54 Å². The van der Waals surface area contributed by atoms with Crippen LogP contribution in [0.5, 0.6) is 0 Å². The van der Waals surface area contributed by atoms with E-state index in [1.807, 2.05) is 0 Å². The second-order valence-corrected chi connectivity index (χ2v) is 7.87. The van der Waals surface area contributed by atoms with Gasteiger partial charge in [-0.15, -0.1) is 24.0 Å². The number of nitrogens with zero attached hydrogens (tertiary/aromatic N) is 3. The normalized spacial score (nSPS) is 18.7. The summed E-state index contributed by atoms with van der Waals surface area (Å²) in [5.74, 6) is 2.09. The number of hydrogen-bond donors (Lipinski definition) is 2. The zero-order chi connectivity index (χ0) is 17.6. The summed E-state index contributed by atoms with van der Waals surface area (Å²) in [6, 6.07) is 8.79. The first-order valence-electron chi connectivity index (χ1n) is 9.70. The highest BCUT2D eigenvalue weighted by Gasteiger charge is 2.26. The Morgan fingerprint density at radius 1 is 1.15 bits per heavy atom. The lowest BCUT2D eigenvalue weighted by atomic mass is 10.1. The largest absolute Gasteiger partial charge is 0.370 e. The van der Waals surface area contributed by atoms with E-state index in [1.54, 1.807) is 0 Å². The summed E-state index contributed by atoms with van der Waals surface area (Å²) in [4.78, 5) is 9.54. The van der Waals surface area contributed by atoms with Gasteiger partial charge in [-0.05, 0) is 42.4 Å². The number of rotatable bonds is 7. The Bertz CT molecular complexity index is 560. The summed E-state index contributed by atoms with van der Waals surface area (Å²) in [7, 11) is 0. The molecule has 0 radical (unpaired) electrons. The van der Waals surface area contributed by atoms with Crippen LogP contribution in [0.25, 0.3) is 0 Å². The monoisotopic (exact) mass is 471 g/mol. The second kappa shape index (κ2) is 10.3. The molecule has 0 bridgehead atoms. The Morgan fingerprint density at radius 2 is 1.81 bits per heavy atom. The van der Waals surface area contributed by atoms with Gasteiger partial charge in [-0.1, -0.05) is 26.0 Å². The van der Waals surface area contributed by atoms with E-state index in [0.717, 1.165) is 25.6 Å². The number of piperazine rings is 1. The summed E-state index contributed by atoms with van der Waals surface area (Å²) in [6.45, 7) is 11.8. The zero-order valence-corrected chi connectivity index (χ0v) is 18.5. The molecule has 3 N–H and O–H groups in total. The second-order valence-electron chi connectivity index (χ2n) is 7.87. The number of hydrogen-bond acceptors (Lipinski definition) is 3. The van der Waals surface area contributed by atoms with Crippen molar-refractivity contribution in [3.8, 4) is 0 Å². The summed E-state index contributed by atoms with van der Waals surface area (Å²) < 4.78 is 0. The van der Waals surface area contributed by atoms with Gasteiger partial charge in [0.25, 0.3) is 0 Å². The Morgan fingerprint density at radius 3 is 2.38 bits per heavy atom. The van der Waals surface area contributed by atoms with Crippen LogP contribution in [0.3, 0.4) is 0 Å². The SMILES string of the molecule is CC(C)CNC(N)=NCc1ccc(N2CCN(CC3CC3)CC2)cc1.I. The average Bonchev–Trinajstić information content (AvgIpc) is 3.43. The summed E-state index contributed by atoms with van der Waals surface area (Å²) >= 11 is 0. The first-order valence-corrected chi connectivity index (χ1v) is 9.70. The van der Waals surface area contributed by atoms with Gasteiger partial charge in [-0.3, -0.25) is 4.90 Å². The third-order valence-corrected chi connectivity index (χ3v) is 5.01. The van der Waals surface area contributed by atoms with Gasteiger partial charge in [0, 0.05) is 45.0 Å². The maximum absolute atomic E-state index is 5.89. The molecule has 1 aromatic carbocycles. The van der Waals surface area contributed by atoms with Crippen molar-refractivity contribution in [2.45, 2.75) is 33.2 Å². The number of nitrogens with one attached hydrogen (secondary N) is 1. The van der Waals surface area contributed by atoms with Gasteiger partial charge in [0.2, 0.25) is 0 Å². The van der Waals surface area contributed by atoms with Crippen molar-refractivity contribution in [1.29, 1.82) is 0 Å². The van der Waals surface area contributed by atoms with Gasteiger partial charge >= 0.3 is 0 Å². The van der Waals surface area contributed by atoms with Gasteiger partial charge in [-0.2, -0.15) is 0 Å². The molecular formula is C20H34IN5. The van der Waals surface area contributed by atoms with Crippen LogP contribution in [0.1, 0.15) is 32.3 Å². The van der Waals surface area contributed by atoms with E-state index in [2.05, 4.69) is 58.2 Å². The predicted molar refractivity (Wildman–Crippen MR) is 121 cm³/mol. The van der Waals surface area contributed by atoms with E-state index < -0.39 is 0 Å². The van der Waals surface area contributed by atoms with Gasteiger partial charge < -0.3 is 16.0 Å². The smallest absolute Gasteiger partial charge is 0.188 e. The summed E-state index contributed by atoms with van der Waals surface area (Å²) in [6.07, 6.45) is 2.89. The Balaban J connectivity index is 0.00000243. The van der Waals surface area contributed by atoms with Gasteiger partial charge in [0.1, 0.15) is 0 Å². The van der Waals surface area contributed by atoms with E-state index in [-0.39, 0.29) is 24.0 Å². The van der Waals surface area contributed by atoms with Crippen molar-refractivity contribution in [2.24, 2.45) is 22.6 Å². The van der Waals surface area contributed by atoms with Crippen molar-refractivity contribution in [2.75, 3.05) is 44.2 Å². The molecule has 0 atom stereocenters. The standard InChI is InChI=1S/C20H33N5.HI/c1-16(2)13-22-20(21)23-14-17-5-7-19(8-6-17)25-11-9-24(10-12-25)15-18-3-4-18;/h5-8,16,18H,3-4,9-15H2,1-2H3,(H3,21,22,23);1H. The lowest BCUT2D eigenvalue weighted by Crippen LogP contribution is -2.47. The lowest BCUT2D eigenvalue weighted by molar-refractivity contribution is 0.248. The van der Waals surface area contributed by atoms with E-state index in [1.165, 1.54) is 43.7 Å². The van der Waals surface area contributed by atoms with Crippen LogP contribution >= 0.6 is 24.0 Å².